The molecular formula is C9H7ClFNO. The lowest BCUT2D eigenvalue weighted by molar-refractivity contribution is 0.283. The zero-order chi connectivity index (χ0) is 9.42. The lowest BCUT2D eigenvalue weighted by Crippen LogP contribution is -1.80. The van der Waals surface area contributed by atoms with Gasteiger partial charge in [-0.2, -0.15) is 0 Å². The third kappa shape index (κ3) is 1.20. The van der Waals surface area contributed by atoms with Gasteiger partial charge in [-0.3, -0.25) is 0 Å². The third-order valence-electron chi connectivity index (χ3n) is 2.00. The van der Waals surface area contributed by atoms with Crippen molar-refractivity contribution in [1.82, 2.24) is 4.98 Å². The smallest absolute Gasteiger partial charge is 0.147 e. The number of para-hydroxylation sites is 1. The molecule has 0 fully saturated rings. The van der Waals surface area contributed by atoms with Gasteiger partial charge in [0.15, 0.2) is 0 Å². The van der Waals surface area contributed by atoms with Crippen molar-refractivity contribution in [3.63, 3.8) is 0 Å². The lowest BCUT2D eigenvalue weighted by Gasteiger charge is -1.93. The summed E-state index contributed by atoms with van der Waals surface area (Å²) >= 11 is 5.76. The molecule has 0 radical (unpaired) electrons. The van der Waals surface area contributed by atoms with Crippen LogP contribution in [-0.4, -0.2) is 10.1 Å². The molecular weight excluding hydrogens is 193 g/mol. The van der Waals surface area contributed by atoms with Gasteiger partial charge in [-0.1, -0.05) is 23.7 Å². The highest BCUT2D eigenvalue weighted by molar-refractivity contribution is 6.31. The fourth-order valence-corrected chi connectivity index (χ4v) is 1.62. The SMILES string of the molecule is OCc1c(Cl)[nH]c2c(F)cccc12. The van der Waals surface area contributed by atoms with Crippen molar-refractivity contribution in [2.45, 2.75) is 6.61 Å². The Balaban J connectivity index is 2.86. The second kappa shape index (κ2) is 3.01. The zero-order valence-electron chi connectivity index (χ0n) is 6.64. The minimum Gasteiger partial charge on any atom is -0.392 e. The van der Waals surface area contributed by atoms with E-state index in [0.717, 1.165) is 0 Å². The number of aromatic amines is 1. The fourth-order valence-electron chi connectivity index (χ4n) is 1.36. The van der Waals surface area contributed by atoms with Crippen molar-refractivity contribution in [3.8, 4) is 0 Å². The maximum absolute atomic E-state index is 13.1. The molecule has 0 saturated heterocycles. The first kappa shape index (κ1) is 8.53. The highest BCUT2D eigenvalue weighted by atomic mass is 35.5. The first-order chi connectivity index (χ1) is 6.24. The van der Waals surface area contributed by atoms with E-state index in [2.05, 4.69) is 4.98 Å². The van der Waals surface area contributed by atoms with E-state index >= 15 is 0 Å². The number of hydrogen-bond acceptors (Lipinski definition) is 1. The number of hydrogen-bond donors (Lipinski definition) is 2. The molecule has 0 aliphatic carbocycles. The van der Waals surface area contributed by atoms with Gasteiger partial charge in [0.2, 0.25) is 0 Å². The summed E-state index contributed by atoms with van der Waals surface area (Å²) < 4.78 is 13.1. The summed E-state index contributed by atoms with van der Waals surface area (Å²) in [5.41, 5.74) is 0.882. The Morgan fingerprint density at radius 1 is 1.46 bits per heavy atom. The van der Waals surface area contributed by atoms with E-state index in [1.807, 2.05) is 0 Å². The van der Waals surface area contributed by atoms with Gasteiger partial charge in [0.05, 0.1) is 12.1 Å². The molecule has 2 N–H and O–H groups in total. The number of nitrogens with one attached hydrogen (secondary N) is 1. The van der Waals surface area contributed by atoms with E-state index < -0.39 is 0 Å². The summed E-state index contributed by atoms with van der Waals surface area (Å²) in [7, 11) is 0. The van der Waals surface area contributed by atoms with Crippen molar-refractivity contribution in [3.05, 3.63) is 34.7 Å². The van der Waals surface area contributed by atoms with Gasteiger partial charge in [-0.25, -0.2) is 4.39 Å². The van der Waals surface area contributed by atoms with Gasteiger partial charge >= 0.3 is 0 Å². The quantitative estimate of drug-likeness (QED) is 0.727. The van der Waals surface area contributed by atoms with Crippen molar-refractivity contribution < 1.29 is 9.50 Å². The minimum atomic E-state index is -0.362. The van der Waals surface area contributed by atoms with Gasteiger partial charge in [0.25, 0.3) is 0 Å². The Kier molecular flexibility index (Phi) is 1.98. The number of benzene rings is 1. The highest BCUT2D eigenvalue weighted by Gasteiger charge is 2.10. The van der Waals surface area contributed by atoms with Crippen LogP contribution >= 0.6 is 11.6 Å². The molecule has 1 aromatic heterocycles. The topological polar surface area (TPSA) is 36.0 Å². The van der Waals surface area contributed by atoms with Crippen LogP contribution in [0.2, 0.25) is 5.15 Å². The molecule has 0 spiro atoms. The van der Waals surface area contributed by atoms with Crippen LogP contribution in [0.4, 0.5) is 4.39 Å². The molecule has 2 aromatic rings. The number of H-pyrrole nitrogens is 1. The predicted molar refractivity (Wildman–Crippen MR) is 49.2 cm³/mol. The van der Waals surface area contributed by atoms with E-state index in [0.29, 0.717) is 21.6 Å². The molecule has 0 atom stereocenters. The summed E-state index contributed by atoms with van der Waals surface area (Å²) in [4.78, 5) is 2.68. The fraction of sp³-hybridized carbons (Fsp3) is 0.111. The van der Waals surface area contributed by atoms with Crippen molar-refractivity contribution >= 4 is 22.5 Å². The van der Waals surface area contributed by atoms with Crippen LogP contribution in [0.5, 0.6) is 0 Å². The molecule has 0 bridgehead atoms. The number of aromatic nitrogens is 1. The van der Waals surface area contributed by atoms with Gasteiger partial charge < -0.3 is 10.1 Å². The Morgan fingerprint density at radius 3 is 2.92 bits per heavy atom. The van der Waals surface area contributed by atoms with E-state index in [1.54, 1.807) is 12.1 Å². The average molecular weight is 200 g/mol. The second-order valence-corrected chi connectivity index (χ2v) is 3.12. The molecule has 0 amide bonds. The van der Waals surface area contributed by atoms with Crippen molar-refractivity contribution in [2.75, 3.05) is 0 Å². The number of rotatable bonds is 1. The summed E-state index contributed by atoms with van der Waals surface area (Å²) in [5, 5.41) is 9.90. The molecule has 0 unspecified atom stereocenters. The van der Waals surface area contributed by atoms with Crippen molar-refractivity contribution in [2.24, 2.45) is 0 Å². The van der Waals surface area contributed by atoms with Crippen LogP contribution in [0.1, 0.15) is 5.56 Å². The molecule has 0 saturated carbocycles. The van der Waals surface area contributed by atoms with Crippen LogP contribution < -0.4 is 0 Å². The molecule has 1 aromatic carbocycles. The monoisotopic (exact) mass is 199 g/mol. The molecule has 2 rings (SSSR count). The maximum Gasteiger partial charge on any atom is 0.147 e. The summed E-state index contributed by atoms with van der Waals surface area (Å²) in [6.45, 7) is -0.192. The zero-order valence-corrected chi connectivity index (χ0v) is 7.40. The first-order valence-corrected chi connectivity index (χ1v) is 4.17. The predicted octanol–water partition coefficient (Wildman–Crippen LogP) is 2.45. The number of aliphatic hydroxyl groups is 1. The molecule has 0 aliphatic rings. The van der Waals surface area contributed by atoms with Crippen LogP contribution in [0.3, 0.4) is 0 Å². The average Bonchev–Trinajstić information content (AvgIpc) is 2.43. The van der Waals surface area contributed by atoms with Gasteiger partial charge in [-0.05, 0) is 6.07 Å². The van der Waals surface area contributed by atoms with Gasteiger partial charge in [-0.15, -0.1) is 0 Å². The lowest BCUT2D eigenvalue weighted by atomic mass is 10.2. The number of halogens is 2. The van der Waals surface area contributed by atoms with Crippen LogP contribution in [0.25, 0.3) is 10.9 Å². The molecule has 2 nitrogen and oxygen atoms in total. The van der Waals surface area contributed by atoms with Crippen LogP contribution in [0, 0.1) is 5.82 Å². The van der Waals surface area contributed by atoms with Crippen LogP contribution in [-0.2, 0) is 6.61 Å². The highest BCUT2D eigenvalue weighted by Crippen LogP contribution is 2.27. The van der Waals surface area contributed by atoms with Crippen LogP contribution in [0.15, 0.2) is 18.2 Å². The van der Waals surface area contributed by atoms with E-state index in [4.69, 9.17) is 16.7 Å². The van der Waals surface area contributed by atoms with Gasteiger partial charge in [0, 0.05) is 10.9 Å². The molecule has 4 heteroatoms. The summed E-state index contributed by atoms with van der Waals surface area (Å²) in [6, 6.07) is 4.64. The molecule has 13 heavy (non-hydrogen) atoms. The summed E-state index contributed by atoms with van der Waals surface area (Å²) in [5.74, 6) is -0.362. The number of fused-ring (bicyclic) bond motifs is 1. The standard InChI is InChI=1S/C9H7ClFNO/c10-9-6(4-13)5-2-1-3-7(11)8(5)12-9/h1-3,12-13H,4H2. The Morgan fingerprint density at radius 2 is 2.23 bits per heavy atom. The van der Waals surface area contributed by atoms with E-state index in [1.165, 1.54) is 6.07 Å². The normalized spacial score (nSPS) is 11.0. The summed E-state index contributed by atoms with van der Waals surface area (Å²) in [6.07, 6.45) is 0. The maximum atomic E-state index is 13.1. The van der Waals surface area contributed by atoms with Crippen molar-refractivity contribution in [1.29, 1.82) is 0 Å². The molecule has 68 valence electrons. The Bertz CT molecular complexity index is 452. The Hall–Kier alpha value is -1.06. The van der Waals surface area contributed by atoms with E-state index in [9.17, 15) is 4.39 Å². The number of aliphatic hydroxyl groups excluding tert-OH is 1. The third-order valence-corrected chi connectivity index (χ3v) is 2.32. The first-order valence-electron chi connectivity index (χ1n) is 3.79. The molecule has 1 heterocycles. The Labute approximate surface area is 79.0 Å². The molecule has 0 aliphatic heterocycles. The largest absolute Gasteiger partial charge is 0.392 e. The van der Waals surface area contributed by atoms with Gasteiger partial charge in [0.1, 0.15) is 11.0 Å². The minimum absolute atomic E-state index is 0.192. The van der Waals surface area contributed by atoms with E-state index in [-0.39, 0.29) is 12.4 Å². The second-order valence-electron chi connectivity index (χ2n) is 2.74.